The summed E-state index contributed by atoms with van der Waals surface area (Å²) in [7, 11) is 0. The second kappa shape index (κ2) is 8.23. The summed E-state index contributed by atoms with van der Waals surface area (Å²) in [4.78, 5) is 28.6. The van der Waals surface area contributed by atoms with Crippen LogP contribution in [0.1, 0.15) is 60.8 Å². The summed E-state index contributed by atoms with van der Waals surface area (Å²) in [6.45, 7) is 16.5. The number of hydrogen-bond donors (Lipinski definition) is 3. The molecule has 7 aliphatic rings. The first-order valence-electron chi connectivity index (χ1n) is 14.3. The number of aliphatic hydroxyl groups excluding tert-OH is 1. The Morgan fingerprint density at radius 3 is 2.46 bits per heavy atom. The summed E-state index contributed by atoms with van der Waals surface area (Å²) in [5.41, 5.74) is 9.35. The van der Waals surface area contributed by atoms with Gasteiger partial charge in [0, 0.05) is 45.9 Å². The first kappa shape index (κ1) is 25.8. The molecule has 0 aromatic rings. The maximum Gasteiger partial charge on any atom is 0.210 e. The number of hydrogen-bond acceptors (Lipinski definition) is 7. The van der Waals surface area contributed by atoms with Crippen molar-refractivity contribution < 1.29 is 15.0 Å². The monoisotopic (exact) mass is 546 g/mol. The molecule has 0 radical (unpaired) electrons. The van der Waals surface area contributed by atoms with Crippen molar-refractivity contribution in [2.24, 2.45) is 26.3 Å². The number of Topliss-reactive ketones (excluding diaryl/α,β-unsaturated/α-hetero) is 1. The molecular weight excluding hydrogens is 512 g/mol. The zero-order chi connectivity index (χ0) is 29.2. The van der Waals surface area contributed by atoms with Crippen molar-refractivity contribution in [1.82, 2.24) is 5.32 Å². The van der Waals surface area contributed by atoms with E-state index < -0.39 is 16.8 Å². The minimum Gasteiger partial charge on any atom is -0.508 e. The summed E-state index contributed by atoms with van der Waals surface area (Å²) in [6, 6.07) is 0. The largest absolute Gasteiger partial charge is 0.508 e. The van der Waals surface area contributed by atoms with E-state index in [0.29, 0.717) is 34.5 Å². The van der Waals surface area contributed by atoms with Gasteiger partial charge in [0.05, 0.1) is 34.2 Å². The molecule has 41 heavy (non-hydrogen) atoms. The second-order valence-corrected chi connectivity index (χ2v) is 12.4. The third-order valence-electron chi connectivity index (χ3n) is 10.0. The summed E-state index contributed by atoms with van der Waals surface area (Å²) >= 11 is 0. The van der Waals surface area contributed by atoms with Gasteiger partial charge in [-0.1, -0.05) is 33.4 Å². The number of aliphatic hydroxyl groups is 2. The molecule has 1 saturated heterocycles. The van der Waals surface area contributed by atoms with Crippen LogP contribution >= 0.6 is 0 Å². The summed E-state index contributed by atoms with van der Waals surface area (Å²) < 4.78 is 0. The quantitative estimate of drug-likeness (QED) is 0.399. The average Bonchev–Trinajstić information content (AvgIpc) is 3.60. The summed E-state index contributed by atoms with van der Waals surface area (Å²) in [5.74, 6) is -0.814. The number of nitrogens with zero attached hydrogens (tertiary/aromatic N) is 3. The van der Waals surface area contributed by atoms with E-state index in [2.05, 4.69) is 52.6 Å². The lowest BCUT2D eigenvalue weighted by molar-refractivity contribution is -0.132. The third-order valence-corrected chi connectivity index (χ3v) is 10.0. The Hall–Kier alpha value is -4.10. The summed E-state index contributed by atoms with van der Waals surface area (Å²) in [6.07, 6.45) is 9.40. The average molecular weight is 547 g/mol. The lowest BCUT2D eigenvalue weighted by atomic mass is 9.75. The van der Waals surface area contributed by atoms with Gasteiger partial charge in [-0.3, -0.25) is 4.79 Å². The van der Waals surface area contributed by atoms with Gasteiger partial charge >= 0.3 is 0 Å². The highest BCUT2D eigenvalue weighted by Crippen LogP contribution is 2.55. The fourth-order valence-electron chi connectivity index (χ4n) is 7.45. The van der Waals surface area contributed by atoms with Crippen molar-refractivity contribution in [2.75, 3.05) is 0 Å². The Labute approximate surface area is 240 Å². The predicted octanol–water partition coefficient (Wildman–Crippen LogP) is 5.94. The van der Waals surface area contributed by atoms with E-state index in [1.165, 1.54) is 0 Å². The molecule has 5 heterocycles. The van der Waals surface area contributed by atoms with E-state index in [1.54, 1.807) is 0 Å². The van der Waals surface area contributed by atoms with E-state index in [0.717, 1.165) is 62.9 Å². The van der Waals surface area contributed by atoms with E-state index in [9.17, 15) is 15.0 Å². The van der Waals surface area contributed by atoms with E-state index >= 15 is 0 Å². The van der Waals surface area contributed by atoms with Crippen LogP contribution in [0.4, 0.5) is 0 Å². The highest BCUT2D eigenvalue weighted by Gasteiger charge is 2.60. The Morgan fingerprint density at radius 1 is 1.05 bits per heavy atom. The number of carbonyl (C=O) groups is 1. The Kier molecular flexibility index (Phi) is 5.19. The molecule has 1 fully saturated rings. The van der Waals surface area contributed by atoms with E-state index in [1.807, 2.05) is 25.2 Å². The van der Waals surface area contributed by atoms with Gasteiger partial charge < -0.3 is 15.5 Å². The molecule has 0 aromatic carbocycles. The molecule has 0 aromatic heterocycles. The lowest BCUT2D eigenvalue weighted by Crippen LogP contribution is -2.41. The molecule has 7 heteroatoms. The van der Waals surface area contributed by atoms with Crippen molar-refractivity contribution >= 4 is 22.9 Å². The van der Waals surface area contributed by atoms with Crippen molar-refractivity contribution in [2.45, 2.75) is 66.4 Å². The van der Waals surface area contributed by atoms with Crippen LogP contribution in [0.25, 0.3) is 0 Å². The number of allylic oxidation sites excluding steroid dienone is 11. The van der Waals surface area contributed by atoms with E-state index in [-0.39, 0.29) is 18.1 Å². The number of ketones is 1. The molecule has 7 nitrogen and oxygen atoms in total. The molecule has 0 spiro atoms. The SMILES string of the molecule is C=CC1=C(C)C2=NC1=CC1=NC(=CC3=C(C)C4=C(O)[C@@]5(O)C(=O)CC[C@@H]6C(=C5C4=N3)NC(=C2)C6(C)C)C(CC)=C1C. The second-order valence-electron chi connectivity index (χ2n) is 12.4. The first-order chi connectivity index (χ1) is 19.4. The Morgan fingerprint density at radius 2 is 1.76 bits per heavy atom. The fraction of sp³-hybridized carbons (Fsp3) is 0.353. The normalized spacial score (nSPS) is 29.6. The molecule has 0 unspecified atom stereocenters. The summed E-state index contributed by atoms with van der Waals surface area (Å²) in [5, 5.41) is 27.2. The van der Waals surface area contributed by atoms with Crippen LogP contribution < -0.4 is 5.32 Å². The standard InChI is InChI=1S/C34H34N4O3/c1-8-18-15(3)21-12-24-19(9-2)16(4)23(36-24)14-26-33(6,7)20-10-11-27(39)34(41)29(30(20)38-26)31-28(32(34)40)17(5)22(37-31)13-25(18)35-21/h9,12-14,20,38,40-41H,2,8,10-11H2,1,3-7H3/t20-,34-/m1/s1. The van der Waals surface area contributed by atoms with Crippen molar-refractivity contribution in [3.8, 4) is 0 Å². The maximum atomic E-state index is 13.5. The van der Waals surface area contributed by atoms with Crippen LogP contribution in [-0.4, -0.2) is 38.7 Å². The first-order valence-corrected chi connectivity index (χ1v) is 14.3. The maximum absolute atomic E-state index is 13.5. The van der Waals surface area contributed by atoms with Crippen LogP contribution in [0.2, 0.25) is 0 Å². The lowest BCUT2D eigenvalue weighted by Gasteiger charge is -2.26. The van der Waals surface area contributed by atoms with Crippen LogP contribution in [0.15, 0.2) is 119 Å². The molecule has 0 amide bonds. The van der Waals surface area contributed by atoms with Gasteiger partial charge in [0.1, 0.15) is 5.76 Å². The van der Waals surface area contributed by atoms with Crippen molar-refractivity contribution in [3.63, 3.8) is 0 Å². The highest BCUT2D eigenvalue weighted by atomic mass is 16.3. The van der Waals surface area contributed by atoms with E-state index in [4.69, 9.17) is 15.0 Å². The molecule has 208 valence electrons. The van der Waals surface area contributed by atoms with Gasteiger partial charge in [-0.25, -0.2) is 15.0 Å². The zero-order valence-corrected chi connectivity index (χ0v) is 24.4. The third kappa shape index (κ3) is 3.13. The minimum absolute atomic E-state index is 0.0889. The van der Waals surface area contributed by atoms with Gasteiger partial charge in [0.2, 0.25) is 5.60 Å². The molecule has 2 aliphatic carbocycles. The molecule has 5 aliphatic heterocycles. The fourth-order valence-corrected chi connectivity index (χ4v) is 7.45. The minimum atomic E-state index is -2.13. The van der Waals surface area contributed by atoms with Crippen LogP contribution in [0.5, 0.6) is 0 Å². The predicted molar refractivity (Wildman–Crippen MR) is 161 cm³/mol. The van der Waals surface area contributed by atoms with Gasteiger partial charge in [0.15, 0.2) is 5.78 Å². The van der Waals surface area contributed by atoms with Crippen LogP contribution in [-0.2, 0) is 4.79 Å². The molecular formula is C34H34N4O3. The Bertz CT molecular complexity index is 1790. The highest BCUT2D eigenvalue weighted by molar-refractivity contribution is 6.27. The molecule has 7 rings (SSSR count). The zero-order valence-electron chi connectivity index (χ0n) is 24.4. The van der Waals surface area contributed by atoms with Gasteiger partial charge in [-0.15, -0.1) is 0 Å². The molecule has 3 N–H and O–H groups in total. The number of rotatable bonds is 2. The number of aliphatic imine (C=N–C) groups is 3. The smallest absolute Gasteiger partial charge is 0.210 e. The van der Waals surface area contributed by atoms with Gasteiger partial charge in [-0.05, 0) is 74.1 Å². The molecule has 8 bridgehead atoms. The number of carbonyl (C=O) groups excluding carboxylic acids is 1. The Balaban J connectivity index is 1.59. The van der Waals surface area contributed by atoms with Crippen molar-refractivity contribution in [3.05, 3.63) is 104 Å². The van der Waals surface area contributed by atoms with Crippen molar-refractivity contribution in [1.29, 1.82) is 0 Å². The number of nitrogens with one attached hydrogen (secondary N) is 1. The van der Waals surface area contributed by atoms with Gasteiger partial charge in [-0.2, -0.15) is 0 Å². The van der Waals surface area contributed by atoms with Crippen LogP contribution in [0, 0.1) is 11.3 Å². The van der Waals surface area contributed by atoms with Gasteiger partial charge in [0.25, 0.3) is 0 Å². The molecule has 2 atom stereocenters. The topological polar surface area (TPSA) is 107 Å². The number of fused-ring (bicyclic) bond motifs is 4. The van der Waals surface area contributed by atoms with Crippen LogP contribution in [0.3, 0.4) is 0 Å². The molecule has 0 saturated carbocycles.